The summed E-state index contributed by atoms with van der Waals surface area (Å²) in [5.74, 6) is -0.991. The Balaban J connectivity index is 0. The number of nitrogens with zero attached hydrogens (tertiary/aromatic N) is 2. The normalized spacial score (nSPS) is 10.1. The molecule has 1 amide bonds. The number of aliphatic carboxylic acids is 1. The predicted octanol–water partition coefficient (Wildman–Crippen LogP) is 2.07. The van der Waals surface area contributed by atoms with Gasteiger partial charge < -0.3 is 14.9 Å². The Morgan fingerprint density at radius 3 is 1.89 bits per heavy atom. The second kappa shape index (κ2) is 12.0. The van der Waals surface area contributed by atoms with Crippen LogP contribution in [0.2, 0.25) is 0 Å². The Hall–Kier alpha value is -1.10. The molecule has 1 N–H and O–H groups in total. The lowest BCUT2D eigenvalue weighted by molar-refractivity contribution is -0.137. The van der Waals surface area contributed by atoms with Crippen LogP contribution in [0, 0.1) is 0 Å². The van der Waals surface area contributed by atoms with Gasteiger partial charge in [-0.2, -0.15) is 0 Å². The van der Waals surface area contributed by atoms with Crippen molar-refractivity contribution in [2.24, 2.45) is 0 Å². The van der Waals surface area contributed by atoms with Gasteiger partial charge >= 0.3 is 5.97 Å². The van der Waals surface area contributed by atoms with E-state index in [2.05, 4.69) is 32.6 Å². The second-order valence-electron chi connectivity index (χ2n) is 4.81. The standard InChI is InChI=1S/C8H19N.C6H11NO3/c1-5-7-9(6-2)8(3)4;1-5(8)7(2)4-3-6(9)10/h8H,5-7H2,1-4H3;3-4H2,1-2H3,(H,9,10). The van der Waals surface area contributed by atoms with Crippen molar-refractivity contribution in [2.45, 2.75) is 53.5 Å². The molecule has 0 aliphatic rings. The maximum absolute atomic E-state index is 10.5. The van der Waals surface area contributed by atoms with Crippen LogP contribution in [0.25, 0.3) is 0 Å². The molecule has 0 aliphatic heterocycles. The minimum absolute atomic E-state index is 0.0100. The number of carboxylic acids is 1. The molecule has 0 rings (SSSR count). The highest BCUT2D eigenvalue weighted by atomic mass is 16.4. The first-order valence-corrected chi connectivity index (χ1v) is 6.93. The molecular formula is C14H30N2O3. The highest BCUT2D eigenvalue weighted by Gasteiger charge is 2.04. The third-order valence-electron chi connectivity index (χ3n) is 2.85. The number of amides is 1. The molecule has 19 heavy (non-hydrogen) atoms. The highest BCUT2D eigenvalue weighted by molar-refractivity contribution is 5.74. The van der Waals surface area contributed by atoms with E-state index < -0.39 is 5.97 Å². The molecule has 0 heterocycles. The molecule has 0 aromatic carbocycles. The molecule has 0 fully saturated rings. The average Bonchev–Trinajstić information content (AvgIpc) is 2.33. The highest BCUT2D eigenvalue weighted by Crippen LogP contribution is 1.97. The maximum Gasteiger partial charge on any atom is 0.305 e. The van der Waals surface area contributed by atoms with Gasteiger partial charge in [-0.05, 0) is 33.4 Å². The van der Waals surface area contributed by atoms with Crippen molar-refractivity contribution < 1.29 is 14.7 Å². The molecule has 0 spiro atoms. The zero-order valence-corrected chi connectivity index (χ0v) is 13.3. The van der Waals surface area contributed by atoms with Crippen molar-refractivity contribution in [3.05, 3.63) is 0 Å². The van der Waals surface area contributed by atoms with E-state index in [0.717, 1.165) is 6.04 Å². The molecule has 0 saturated carbocycles. The SMILES string of the molecule is CC(=O)N(C)CCC(=O)O.CCCN(CC)C(C)C. The summed E-state index contributed by atoms with van der Waals surface area (Å²) in [6.45, 7) is 13.1. The molecule has 5 nitrogen and oxygen atoms in total. The van der Waals surface area contributed by atoms with E-state index in [-0.39, 0.29) is 18.9 Å². The average molecular weight is 274 g/mol. The van der Waals surface area contributed by atoms with E-state index in [1.807, 2.05) is 0 Å². The lowest BCUT2D eigenvalue weighted by Gasteiger charge is -2.23. The Kier molecular flexibility index (Phi) is 12.7. The Labute approximate surface area is 117 Å². The van der Waals surface area contributed by atoms with Gasteiger partial charge in [-0.1, -0.05) is 13.8 Å². The van der Waals surface area contributed by atoms with Crippen LogP contribution >= 0.6 is 0 Å². The van der Waals surface area contributed by atoms with E-state index >= 15 is 0 Å². The summed E-state index contributed by atoms with van der Waals surface area (Å²) in [5.41, 5.74) is 0. The molecule has 0 bridgehead atoms. The summed E-state index contributed by atoms with van der Waals surface area (Å²) in [7, 11) is 1.57. The van der Waals surface area contributed by atoms with Gasteiger partial charge in [-0.15, -0.1) is 0 Å². The summed E-state index contributed by atoms with van der Waals surface area (Å²) in [6.07, 6.45) is 1.28. The van der Waals surface area contributed by atoms with Gasteiger partial charge in [0.05, 0.1) is 6.42 Å². The molecule has 114 valence electrons. The monoisotopic (exact) mass is 274 g/mol. The summed E-state index contributed by atoms with van der Waals surface area (Å²) in [4.78, 5) is 24.3. The van der Waals surface area contributed by atoms with Crippen molar-refractivity contribution in [1.82, 2.24) is 9.80 Å². The summed E-state index contributed by atoms with van der Waals surface area (Å²) in [6, 6.07) is 0.718. The first-order chi connectivity index (χ1) is 8.76. The zero-order chi connectivity index (χ0) is 15.4. The predicted molar refractivity (Wildman–Crippen MR) is 78.2 cm³/mol. The minimum atomic E-state index is -0.881. The van der Waals surface area contributed by atoms with Gasteiger partial charge in [0, 0.05) is 26.6 Å². The van der Waals surface area contributed by atoms with Crippen molar-refractivity contribution in [1.29, 1.82) is 0 Å². The topological polar surface area (TPSA) is 60.9 Å². The van der Waals surface area contributed by atoms with E-state index in [1.165, 1.54) is 31.3 Å². The van der Waals surface area contributed by atoms with E-state index in [0.29, 0.717) is 0 Å². The molecule has 0 aromatic rings. The molecule has 0 aliphatic carbocycles. The van der Waals surface area contributed by atoms with Crippen molar-refractivity contribution in [3.63, 3.8) is 0 Å². The molecule has 5 heteroatoms. The largest absolute Gasteiger partial charge is 0.481 e. The molecule has 0 aromatic heterocycles. The van der Waals surface area contributed by atoms with Crippen molar-refractivity contribution in [2.75, 3.05) is 26.7 Å². The number of carbonyl (C=O) groups is 2. The number of rotatable bonds is 7. The van der Waals surface area contributed by atoms with Crippen LogP contribution in [0.3, 0.4) is 0 Å². The van der Waals surface area contributed by atoms with E-state index in [1.54, 1.807) is 7.05 Å². The molecule has 0 unspecified atom stereocenters. The van der Waals surface area contributed by atoms with Gasteiger partial charge in [-0.25, -0.2) is 0 Å². The fraction of sp³-hybridized carbons (Fsp3) is 0.857. The fourth-order valence-electron chi connectivity index (χ4n) is 1.49. The third kappa shape index (κ3) is 13.1. The van der Waals surface area contributed by atoms with Gasteiger partial charge in [0.2, 0.25) is 5.91 Å². The first-order valence-electron chi connectivity index (χ1n) is 6.93. The van der Waals surface area contributed by atoms with Crippen LogP contribution in [-0.2, 0) is 9.59 Å². The van der Waals surface area contributed by atoms with E-state index in [4.69, 9.17) is 5.11 Å². The number of carboxylic acid groups (broad SMARTS) is 1. The fourth-order valence-corrected chi connectivity index (χ4v) is 1.49. The Morgan fingerprint density at radius 1 is 1.16 bits per heavy atom. The van der Waals surface area contributed by atoms with Crippen LogP contribution in [0.1, 0.15) is 47.5 Å². The Bertz CT molecular complexity index is 255. The Morgan fingerprint density at radius 2 is 1.68 bits per heavy atom. The van der Waals surface area contributed by atoms with Crippen molar-refractivity contribution in [3.8, 4) is 0 Å². The summed E-state index contributed by atoms with van der Waals surface area (Å²) >= 11 is 0. The van der Waals surface area contributed by atoms with Gasteiger partial charge in [0.15, 0.2) is 0 Å². The summed E-state index contributed by atoms with van der Waals surface area (Å²) in [5, 5.41) is 8.21. The smallest absolute Gasteiger partial charge is 0.305 e. The van der Waals surface area contributed by atoms with Gasteiger partial charge in [0.1, 0.15) is 0 Å². The first kappa shape index (κ1) is 20.2. The lowest BCUT2D eigenvalue weighted by atomic mass is 10.3. The van der Waals surface area contributed by atoms with Crippen molar-refractivity contribution >= 4 is 11.9 Å². The van der Waals surface area contributed by atoms with Gasteiger partial charge in [-0.3, -0.25) is 9.59 Å². The lowest BCUT2D eigenvalue weighted by Crippen LogP contribution is -2.31. The quantitative estimate of drug-likeness (QED) is 0.772. The molecular weight excluding hydrogens is 244 g/mol. The molecule has 0 radical (unpaired) electrons. The van der Waals surface area contributed by atoms with Crippen LogP contribution in [0.5, 0.6) is 0 Å². The molecule has 0 saturated heterocycles. The zero-order valence-electron chi connectivity index (χ0n) is 13.3. The van der Waals surface area contributed by atoms with Crippen LogP contribution in [0.4, 0.5) is 0 Å². The number of hydrogen-bond acceptors (Lipinski definition) is 3. The summed E-state index contributed by atoms with van der Waals surface area (Å²) < 4.78 is 0. The van der Waals surface area contributed by atoms with E-state index in [9.17, 15) is 9.59 Å². The van der Waals surface area contributed by atoms with Crippen LogP contribution in [-0.4, -0.2) is 59.5 Å². The molecule has 0 atom stereocenters. The number of carbonyl (C=O) groups excluding carboxylic acids is 1. The number of hydrogen-bond donors (Lipinski definition) is 1. The van der Waals surface area contributed by atoms with Crippen LogP contribution in [0.15, 0.2) is 0 Å². The second-order valence-corrected chi connectivity index (χ2v) is 4.81. The van der Waals surface area contributed by atoms with Gasteiger partial charge in [0.25, 0.3) is 0 Å². The van der Waals surface area contributed by atoms with Crippen LogP contribution < -0.4 is 0 Å². The maximum atomic E-state index is 10.5. The minimum Gasteiger partial charge on any atom is -0.481 e. The third-order valence-corrected chi connectivity index (χ3v) is 2.85.